The van der Waals surface area contributed by atoms with Gasteiger partial charge in [0.1, 0.15) is 5.78 Å². The van der Waals surface area contributed by atoms with Crippen LogP contribution in [0.4, 0.5) is 0 Å². The van der Waals surface area contributed by atoms with Crippen molar-refractivity contribution in [2.45, 2.75) is 33.1 Å². The third-order valence-electron chi connectivity index (χ3n) is 4.33. The van der Waals surface area contributed by atoms with Crippen molar-refractivity contribution in [2.24, 2.45) is 17.8 Å². The lowest BCUT2D eigenvalue weighted by atomic mass is 9.75. The minimum Gasteiger partial charge on any atom is -0.301 e. The predicted octanol–water partition coefficient (Wildman–Crippen LogP) is 2.68. The highest BCUT2D eigenvalue weighted by Crippen LogP contribution is 2.32. The molecule has 2 unspecified atom stereocenters. The van der Waals surface area contributed by atoms with E-state index in [1.54, 1.807) is 0 Å². The van der Waals surface area contributed by atoms with Crippen LogP contribution in [-0.4, -0.2) is 41.8 Å². The van der Waals surface area contributed by atoms with Crippen LogP contribution in [0.5, 0.6) is 0 Å². The van der Waals surface area contributed by atoms with Gasteiger partial charge in [-0.25, -0.2) is 0 Å². The van der Waals surface area contributed by atoms with Crippen LogP contribution >= 0.6 is 11.8 Å². The lowest BCUT2D eigenvalue weighted by Gasteiger charge is -2.35. The van der Waals surface area contributed by atoms with Crippen molar-refractivity contribution in [3.63, 3.8) is 0 Å². The Hall–Kier alpha value is -0.0200. The van der Waals surface area contributed by atoms with Gasteiger partial charge in [-0.2, -0.15) is 11.8 Å². The average Bonchev–Trinajstić information content (AvgIpc) is 2.33. The molecule has 0 bridgehead atoms. The Balaban J connectivity index is 1.86. The molecule has 2 aliphatic rings. The Morgan fingerprint density at radius 2 is 2.06 bits per heavy atom. The number of hydrogen-bond donors (Lipinski definition) is 0. The fourth-order valence-corrected chi connectivity index (χ4v) is 4.00. The van der Waals surface area contributed by atoms with E-state index in [-0.39, 0.29) is 0 Å². The molecule has 98 valence electrons. The highest BCUT2D eigenvalue weighted by atomic mass is 32.2. The molecule has 1 aliphatic carbocycles. The Bertz CT molecular complexity index is 261. The number of nitrogens with zero attached hydrogens (tertiary/aromatic N) is 1. The molecule has 0 aromatic carbocycles. The average molecular weight is 255 g/mol. The molecule has 0 spiro atoms. The zero-order valence-corrected chi connectivity index (χ0v) is 12.0. The maximum atomic E-state index is 12.0. The van der Waals surface area contributed by atoms with Gasteiger partial charge in [0.25, 0.3) is 0 Å². The number of carbonyl (C=O) groups is 1. The van der Waals surface area contributed by atoms with Crippen LogP contribution in [0.15, 0.2) is 0 Å². The van der Waals surface area contributed by atoms with Gasteiger partial charge in [0.2, 0.25) is 0 Å². The van der Waals surface area contributed by atoms with Crippen molar-refractivity contribution in [1.82, 2.24) is 4.90 Å². The van der Waals surface area contributed by atoms with Crippen molar-refractivity contribution in [2.75, 3.05) is 31.1 Å². The molecule has 17 heavy (non-hydrogen) atoms. The van der Waals surface area contributed by atoms with Gasteiger partial charge in [-0.3, -0.25) is 4.79 Å². The zero-order valence-electron chi connectivity index (χ0n) is 11.2. The number of Topliss-reactive ketones (excluding diaryl/α,β-unsaturated/α-hetero) is 1. The maximum absolute atomic E-state index is 12.0. The molecule has 2 fully saturated rings. The summed E-state index contributed by atoms with van der Waals surface area (Å²) in [6.45, 7) is 7.99. The van der Waals surface area contributed by atoms with E-state index in [9.17, 15) is 4.79 Å². The van der Waals surface area contributed by atoms with Crippen LogP contribution in [0.2, 0.25) is 0 Å². The molecule has 2 nitrogen and oxygen atoms in total. The highest BCUT2D eigenvalue weighted by Gasteiger charge is 2.31. The quantitative estimate of drug-likeness (QED) is 0.773. The molecule has 3 heteroatoms. The third kappa shape index (κ3) is 3.72. The molecule has 0 aromatic rings. The molecule has 0 amide bonds. The monoisotopic (exact) mass is 255 g/mol. The normalized spacial score (nSPS) is 32.1. The van der Waals surface area contributed by atoms with Crippen molar-refractivity contribution >= 4 is 17.5 Å². The Morgan fingerprint density at radius 3 is 2.71 bits per heavy atom. The molecule has 2 atom stereocenters. The summed E-state index contributed by atoms with van der Waals surface area (Å²) in [6, 6.07) is 0. The number of thioether (sulfide) groups is 1. The summed E-state index contributed by atoms with van der Waals surface area (Å²) in [5, 5.41) is 0. The van der Waals surface area contributed by atoms with Gasteiger partial charge in [-0.15, -0.1) is 0 Å². The first-order valence-electron chi connectivity index (χ1n) is 6.99. The van der Waals surface area contributed by atoms with E-state index in [0.717, 1.165) is 37.6 Å². The highest BCUT2D eigenvalue weighted by molar-refractivity contribution is 7.99. The molecule has 1 heterocycles. The van der Waals surface area contributed by atoms with Crippen LogP contribution in [0, 0.1) is 17.8 Å². The second kappa shape index (κ2) is 6.24. The topological polar surface area (TPSA) is 20.3 Å². The van der Waals surface area contributed by atoms with Gasteiger partial charge in [0.05, 0.1) is 0 Å². The third-order valence-corrected chi connectivity index (χ3v) is 5.27. The Labute approximate surface area is 110 Å². The van der Waals surface area contributed by atoms with Crippen LogP contribution in [-0.2, 0) is 4.79 Å². The summed E-state index contributed by atoms with van der Waals surface area (Å²) < 4.78 is 0. The molecular weight excluding hydrogens is 230 g/mol. The standard InChI is InChI=1S/C14H25NOS/c1-11(2)12-3-4-14(16)13(9-12)10-15-5-7-17-8-6-15/h11-13H,3-10H2,1-2H3. The van der Waals surface area contributed by atoms with Gasteiger partial charge in [0.15, 0.2) is 0 Å². The van der Waals surface area contributed by atoms with E-state index in [4.69, 9.17) is 0 Å². The first-order valence-corrected chi connectivity index (χ1v) is 8.15. The number of carbonyl (C=O) groups excluding carboxylic acids is 1. The van der Waals surface area contributed by atoms with Crippen molar-refractivity contribution in [3.05, 3.63) is 0 Å². The molecule has 1 aliphatic heterocycles. The van der Waals surface area contributed by atoms with Crippen LogP contribution in [0.3, 0.4) is 0 Å². The fourth-order valence-electron chi connectivity index (χ4n) is 3.02. The van der Waals surface area contributed by atoms with Crippen molar-refractivity contribution < 1.29 is 4.79 Å². The largest absolute Gasteiger partial charge is 0.301 e. The van der Waals surface area contributed by atoms with E-state index in [1.807, 2.05) is 11.8 Å². The lowest BCUT2D eigenvalue weighted by molar-refractivity contribution is -0.126. The molecule has 0 N–H and O–H groups in total. The van der Waals surface area contributed by atoms with E-state index in [0.29, 0.717) is 11.7 Å². The van der Waals surface area contributed by atoms with Gasteiger partial charge in [0, 0.05) is 43.5 Å². The molecule has 0 aromatic heterocycles. The second-order valence-electron chi connectivity index (χ2n) is 5.85. The summed E-state index contributed by atoms with van der Waals surface area (Å²) in [7, 11) is 0. The Morgan fingerprint density at radius 1 is 1.35 bits per heavy atom. The molecule has 1 saturated heterocycles. The van der Waals surface area contributed by atoms with Gasteiger partial charge in [-0.1, -0.05) is 13.8 Å². The lowest BCUT2D eigenvalue weighted by Crippen LogP contribution is -2.41. The summed E-state index contributed by atoms with van der Waals surface area (Å²) in [5.41, 5.74) is 0. The van der Waals surface area contributed by atoms with Gasteiger partial charge in [-0.05, 0) is 24.7 Å². The minimum absolute atomic E-state index is 0.333. The van der Waals surface area contributed by atoms with Gasteiger partial charge >= 0.3 is 0 Å². The SMILES string of the molecule is CC(C)C1CCC(=O)C(CN2CCSCC2)C1. The summed E-state index contributed by atoms with van der Waals surface area (Å²) in [5.74, 6) is 4.86. The second-order valence-corrected chi connectivity index (χ2v) is 7.08. The molecule has 0 radical (unpaired) electrons. The number of hydrogen-bond acceptors (Lipinski definition) is 3. The van der Waals surface area contributed by atoms with E-state index < -0.39 is 0 Å². The summed E-state index contributed by atoms with van der Waals surface area (Å²) in [6.07, 6.45) is 3.10. The van der Waals surface area contributed by atoms with Crippen molar-refractivity contribution in [3.8, 4) is 0 Å². The number of ketones is 1. The number of rotatable bonds is 3. The maximum Gasteiger partial charge on any atom is 0.137 e. The van der Waals surface area contributed by atoms with Crippen LogP contribution in [0.1, 0.15) is 33.1 Å². The molecule has 1 saturated carbocycles. The van der Waals surface area contributed by atoms with Crippen LogP contribution < -0.4 is 0 Å². The molecular formula is C14H25NOS. The van der Waals surface area contributed by atoms with Gasteiger partial charge < -0.3 is 4.90 Å². The first kappa shape index (κ1) is 13.4. The summed E-state index contributed by atoms with van der Waals surface area (Å²) >= 11 is 2.04. The van der Waals surface area contributed by atoms with Crippen LogP contribution in [0.25, 0.3) is 0 Å². The van der Waals surface area contributed by atoms with Crippen molar-refractivity contribution in [1.29, 1.82) is 0 Å². The van der Waals surface area contributed by atoms with E-state index in [2.05, 4.69) is 18.7 Å². The minimum atomic E-state index is 0.333. The van der Waals surface area contributed by atoms with E-state index >= 15 is 0 Å². The zero-order chi connectivity index (χ0) is 12.3. The Kier molecular flexibility index (Phi) is 4.92. The fraction of sp³-hybridized carbons (Fsp3) is 0.929. The summed E-state index contributed by atoms with van der Waals surface area (Å²) in [4.78, 5) is 14.5. The van der Waals surface area contributed by atoms with E-state index in [1.165, 1.54) is 24.6 Å². The molecule has 2 rings (SSSR count). The predicted molar refractivity (Wildman–Crippen MR) is 74.4 cm³/mol. The smallest absolute Gasteiger partial charge is 0.137 e. The first-order chi connectivity index (χ1) is 8.16.